The third kappa shape index (κ3) is 4.18. The maximum atomic E-state index is 14.2. The Morgan fingerprint density at radius 1 is 0.595 bits per heavy atom. The summed E-state index contributed by atoms with van der Waals surface area (Å²) in [5, 5.41) is 0. The second kappa shape index (κ2) is 9.18. The van der Waals surface area contributed by atoms with E-state index in [1.807, 2.05) is 60.7 Å². The van der Waals surface area contributed by atoms with Gasteiger partial charge in [0.1, 0.15) is 0 Å². The molecule has 0 fully saturated rings. The minimum absolute atomic E-state index is 0.335. The largest absolute Gasteiger partial charge is 0.339 e. The Bertz CT molecular complexity index is 1430. The zero-order valence-corrected chi connectivity index (χ0v) is 23.1. The first-order valence-electron chi connectivity index (χ1n) is 13.0. The lowest BCUT2D eigenvalue weighted by Gasteiger charge is -2.36. The van der Waals surface area contributed by atoms with E-state index in [1.165, 1.54) is 0 Å². The predicted octanol–water partition coefficient (Wildman–Crippen LogP) is 8.03. The number of hydrogen-bond donors (Lipinski definition) is 0. The quantitative estimate of drug-likeness (QED) is 0.264. The summed E-state index contributed by atoms with van der Waals surface area (Å²) in [4.78, 5) is 2.96. The maximum Gasteiger partial charge on any atom is 0.210 e. The maximum absolute atomic E-state index is 14.2. The van der Waals surface area contributed by atoms with Crippen LogP contribution in [0.2, 0.25) is 0 Å². The zero-order valence-electron chi connectivity index (χ0n) is 22.3. The molecular formula is C33H35NO2S. The van der Waals surface area contributed by atoms with Crippen LogP contribution in [0.3, 0.4) is 0 Å². The van der Waals surface area contributed by atoms with Gasteiger partial charge in [-0.3, -0.25) is 0 Å². The normalized spacial score (nSPS) is 14.7. The van der Waals surface area contributed by atoms with Gasteiger partial charge in [0.15, 0.2) is 0 Å². The van der Waals surface area contributed by atoms with E-state index >= 15 is 0 Å². The van der Waals surface area contributed by atoms with E-state index in [4.69, 9.17) is 0 Å². The Morgan fingerprint density at radius 3 is 1.38 bits per heavy atom. The van der Waals surface area contributed by atoms with Gasteiger partial charge in [-0.2, -0.15) is 0 Å². The lowest BCUT2D eigenvalue weighted by Crippen LogP contribution is -2.29. The molecule has 1 aliphatic rings. The van der Waals surface area contributed by atoms with Gasteiger partial charge < -0.3 is 4.90 Å². The molecule has 0 unspecified atom stereocenters. The number of anilines is 2. The van der Waals surface area contributed by atoms with E-state index in [0.29, 0.717) is 9.79 Å². The Labute approximate surface area is 221 Å². The summed E-state index contributed by atoms with van der Waals surface area (Å²) in [5.74, 6) is 0. The van der Waals surface area contributed by atoms with Crippen LogP contribution in [0.25, 0.3) is 0 Å². The van der Waals surface area contributed by atoms with E-state index in [9.17, 15) is 8.42 Å². The van der Waals surface area contributed by atoms with Crippen molar-refractivity contribution < 1.29 is 8.42 Å². The van der Waals surface area contributed by atoms with Crippen LogP contribution in [-0.4, -0.2) is 15.0 Å². The molecule has 190 valence electrons. The first-order valence-corrected chi connectivity index (χ1v) is 14.5. The number of hydrogen-bond acceptors (Lipinski definition) is 3. The van der Waals surface area contributed by atoms with Crippen molar-refractivity contribution in [2.45, 2.75) is 61.7 Å². The molecule has 0 spiro atoms. The summed E-state index contributed by atoms with van der Waals surface area (Å²) in [6, 6.07) is 32.5. The molecule has 4 aromatic rings. The first-order chi connectivity index (χ1) is 17.6. The lowest BCUT2D eigenvalue weighted by atomic mass is 9.78. The van der Waals surface area contributed by atoms with Crippen molar-refractivity contribution in [2.75, 3.05) is 11.4 Å². The highest BCUT2D eigenvalue weighted by Gasteiger charge is 2.37. The molecule has 0 atom stereocenters. The zero-order chi connectivity index (χ0) is 26.4. The number of nitrogens with zero attached hydrogens (tertiary/aromatic N) is 1. The van der Waals surface area contributed by atoms with Gasteiger partial charge in [-0.15, -0.1) is 0 Å². The topological polar surface area (TPSA) is 37.4 Å². The van der Waals surface area contributed by atoms with Gasteiger partial charge in [0.05, 0.1) is 21.2 Å². The van der Waals surface area contributed by atoms with E-state index < -0.39 is 9.84 Å². The molecule has 0 aromatic heterocycles. The Kier molecular flexibility index (Phi) is 6.27. The minimum atomic E-state index is -3.72. The van der Waals surface area contributed by atoms with Gasteiger partial charge in [-0.1, -0.05) is 107 Å². The van der Waals surface area contributed by atoms with E-state index in [0.717, 1.165) is 46.6 Å². The highest BCUT2D eigenvalue weighted by Crippen LogP contribution is 2.47. The van der Waals surface area contributed by atoms with Gasteiger partial charge in [0.25, 0.3) is 0 Å². The van der Waals surface area contributed by atoms with Crippen LogP contribution in [0.5, 0.6) is 0 Å². The average Bonchev–Trinajstić information content (AvgIpc) is 2.91. The molecule has 4 heteroatoms. The van der Waals surface area contributed by atoms with Crippen LogP contribution in [-0.2, 0) is 20.7 Å². The summed E-state index contributed by atoms with van der Waals surface area (Å²) in [7, 11) is -3.72. The summed E-state index contributed by atoms with van der Waals surface area (Å²) in [6.07, 6.45) is 0.910. The van der Waals surface area contributed by atoms with Crippen molar-refractivity contribution in [3.05, 3.63) is 119 Å². The van der Waals surface area contributed by atoms with Gasteiger partial charge in [0.2, 0.25) is 9.84 Å². The molecule has 1 heterocycles. The number of rotatable bonds is 6. The highest BCUT2D eigenvalue weighted by molar-refractivity contribution is 7.92. The molecule has 3 nitrogen and oxygen atoms in total. The summed E-state index contributed by atoms with van der Waals surface area (Å²) < 4.78 is 28.5. The molecule has 37 heavy (non-hydrogen) atoms. The molecule has 1 aliphatic heterocycles. The van der Waals surface area contributed by atoms with Crippen LogP contribution in [0.4, 0.5) is 11.4 Å². The average molecular weight is 510 g/mol. The number of sulfone groups is 1. The van der Waals surface area contributed by atoms with E-state index in [1.54, 1.807) is 0 Å². The molecule has 5 rings (SSSR count). The minimum Gasteiger partial charge on any atom is -0.339 e. The van der Waals surface area contributed by atoms with Crippen LogP contribution < -0.4 is 4.90 Å². The van der Waals surface area contributed by atoms with Crippen LogP contribution in [0.1, 0.15) is 63.3 Å². The van der Waals surface area contributed by atoms with Crippen molar-refractivity contribution in [1.29, 1.82) is 0 Å². The molecule has 0 saturated carbocycles. The van der Waals surface area contributed by atoms with E-state index in [2.05, 4.69) is 75.9 Å². The molecule has 0 amide bonds. The van der Waals surface area contributed by atoms with Gasteiger partial charge in [-0.05, 0) is 52.9 Å². The van der Waals surface area contributed by atoms with Gasteiger partial charge >= 0.3 is 0 Å². The van der Waals surface area contributed by atoms with Crippen molar-refractivity contribution >= 4 is 21.2 Å². The smallest absolute Gasteiger partial charge is 0.210 e. The van der Waals surface area contributed by atoms with Crippen LogP contribution in [0.15, 0.2) is 107 Å². The molecule has 0 aliphatic carbocycles. The number of fused-ring (bicyclic) bond motifs is 2. The van der Waals surface area contributed by atoms with Crippen molar-refractivity contribution in [3.63, 3.8) is 0 Å². The second-order valence-electron chi connectivity index (χ2n) is 11.0. The van der Waals surface area contributed by atoms with Gasteiger partial charge in [-0.25, -0.2) is 8.42 Å². The predicted molar refractivity (Wildman–Crippen MR) is 153 cm³/mol. The Morgan fingerprint density at radius 2 is 1.00 bits per heavy atom. The molecule has 0 saturated heterocycles. The summed E-state index contributed by atoms with van der Waals surface area (Å²) >= 11 is 0. The van der Waals surface area contributed by atoms with Crippen LogP contribution >= 0.6 is 0 Å². The Balaban J connectivity index is 1.68. The standard InChI is InChI=1S/C33H35NO2S/c1-6-21-34-28-19-17-26(32(2,3)24-13-9-7-10-14-24)22-30(28)37(35,36)31-23-27(18-20-29(31)34)33(4,5)25-15-11-8-12-16-25/h7-20,22-23H,6,21H2,1-5H3. The summed E-state index contributed by atoms with van der Waals surface area (Å²) in [6.45, 7) is 11.5. The molecule has 0 radical (unpaired) electrons. The highest BCUT2D eigenvalue weighted by atomic mass is 32.2. The monoisotopic (exact) mass is 509 g/mol. The third-order valence-electron chi connectivity index (χ3n) is 7.96. The summed E-state index contributed by atoms with van der Waals surface area (Å²) in [5.41, 5.74) is 5.14. The molecule has 0 bridgehead atoms. The van der Waals surface area contributed by atoms with Crippen molar-refractivity contribution in [3.8, 4) is 0 Å². The molecule has 4 aromatic carbocycles. The Hall–Kier alpha value is -3.37. The van der Waals surface area contributed by atoms with Crippen LogP contribution in [0, 0.1) is 0 Å². The van der Waals surface area contributed by atoms with Crippen molar-refractivity contribution in [1.82, 2.24) is 0 Å². The molecule has 0 N–H and O–H groups in total. The lowest BCUT2D eigenvalue weighted by molar-refractivity contribution is 0.590. The molecular weight excluding hydrogens is 474 g/mol. The second-order valence-corrected chi connectivity index (χ2v) is 12.9. The fourth-order valence-electron chi connectivity index (χ4n) is 5.44. The van der Waals surface area contributed by atoms with Crippen molar-refractivity contribution in [2.24, 2.45) is 0 Å². The first kappa shape index (κ1) is 25.3. The SMILES string of the molecule is CCCN1c2ccc(C(C)(C)c3ccccc3)cc2S(=O)(=O)c2cc(C(C)(C)c3ccccc3)ccc21. The number of benzene rings is 4. The third-order valence-corrected chi connectivity index (χ3v) is 9.77. The van der Waals surface area contributed by atoms with E-state index in [-0.39, 0.29) is 10.8 Å². The fourth-order valence-corrected chi connectivity index (χ4v) is 7.15. The van der Waals surface area contributed by atoms with Gasteiger partial charge in [0, 0.05) is 17.4 Å². The fraction of sp³-hybridized carbons (Fsp3) is 0.273.